The highest BCUT2D eigenvalue weighted by Crippen LogP contribution is 2.04. The van der Waals surface area contributed by atoms with Crippen LogP contribution in [0.15, 0.2) is 30.3 Å². The van der Waals surface area contributed by atoms with E-state index in [9.17, 15) is 9.59 Å². The third kappa shape index (κ3) is 5.53. The van der Waals surface area contributed by atoms with Crippen molar-refractivity contribution in [3.63, 3.8) is 0 Å². The van der Waals surface area contributed by atoms with E-state index in [0.29, 0.717) is 6.54 Å². The number of benzene rings is 1. The van der Waals surface area contributed by atoms with Crippen LogP contribution in [0.2, 0.25) is 0 Å². The first-order valence-corrected chi connectivity index (χ1v) is 6.92. The van der Waals surface area contributed by atoms with Crippen LogP contribution in [-0.4, -0.2) is 36.2 Å². The van der Waals surface area contributed by atoms with E-state index in [1.54, 1.807) is 0 Å². The van der Waals surface area contributed by atoms with E-state index in [-0.39, 0.29) is 24.2 Å². The summed E-state index contributed by atoms with van der Waals surface area (Å²) in [7, 11) is 1.89. The van der Waals surface area contributed by atoms with Gasteiger partial charge >= 0.3 is 0 Å². The molecule has 0 fully saturated rings. The highest BCUT2D eigenvalue weighted by atomic mass is 16.2. The summed E-state index contributed by atoms with van der Waals surface area (Å²) in [6.45, 7) is 6.37. The fourth-order valence-electron chi connectivity index (χ4n) is 2.15. The Morgan fingerprint density at radius 1 is 1.20 bits per heavy atom. The molecule has 0 aliphatic rings. The van der Waals surface area contributed by atoms with E-state index < -0.39 is 6.04 Å². The van der Waals surface area contributed by atoms with Gasteiger partial charge in [0.25, 0.3) is 0 Å². The molecular weight excluding hydrogens is 252 g/mol. The van der Waals surface area contributed by atoms with E-state index in [0.717, 1.165) is 5.56 Å². The standard InChI is InChI=1S/C16H24N2O2/c1-12(2)16(13(3)19)17-15(20)11-18(4)10-14-8-6-5-7-9-14/h5-9,12,16H,10-11H2,1-4H3,(H,17,20). The van der Waals surface area contributed by atoms with Crippen molar-refractivity contribution < 1.29 is 9.59 Å². The van der Waals surface area contributed by atoms with Crippen molar-refractivity contribution >= 4 is 11.7 Å². The molecule has 0 aromatic heterocycles. The number of Topliss-reactive ketones (excluding diaryl/α,β-unsaturated/α-hetero) is 1. The molecule has 1 aromatic carbocycles. The van der Waals surface area contributed by atoms with Crippen LogP contribution in [-0.2, 0) is 16.1 Å². The molecule has 110 valence electrons. The molecule has 1 atom stereocenters. The highest BCUT2D eigenvalue weighted by molar-refractivity contribution is 5.88. The molecule has 1 amide bonds. The van der Waals surface area contributed by atoms with Crippen molar-refractivity contribution in [3.8, 4) is 0 Å². The zero-order valence-corrected chi connectivity index (χ0v) is 12.7. The molecule has 1 unspecified atom stereocenters. The highest BCUT2D eigenvalue weighted by Gasteiger charge is 2.20. The molecule has 1 rings (SSSR count). The number of amides is 1. The van der Waals surface area contributed by atoms with E-state index in [1.165, 1.54) is 6.92 Å². The van der Waals surface area contributed by atoms with Gasteiger partial charge in [0.1, 0.15) is 0 Å². The van der Waals surface area contributed by atoms with Crippen LogP contribution in [0.3, 0.4) is 0 Å². The Labute approximate surface area is 121 Å². The van der Waals surface area contributed by atoms with Gasteiger partial charge in [0, 0.05) is 6.54 Å². The van der Waals surface area contributed by atoms with Gasteiger partial charge in [-0.15, -0.1) is 0 Å². The number of nitrogens with zero attached hydrogens (tertiary/aromatic N) is 1. The molecular formula is C16H24N2O2. The summed E-state index contributed by atoms with van der Waals surface area (Å²) < 4.78 is 0. The van der Waals surface area contributed by atoms with Crippen LogP contribution in [0.1, 0.15) is 26.3 Å². The minimum atomic E-state index is -0.396. The number of carbonyl (C=O) groups excluding carboxylic acids is 2. The third-order valence-electron chi connectivity index (χ3n) is 3.13. The average Bonchev–Trinajstić information content (AvgIpc) is 2.36. The Morgan fingerprint density at radius 3 is 2.30 bits per heavy atom. The average molecular weight is 276 g/mol. The van der Waals surface area contributed by atoms with Crippen molar-refractivity contribution in [2.75, 3.05) is 13.6 Å². The Morgan fingerprint density at radius 2 is 1.80 bits per heavy atom. The lowest BCUT2D eigenvalue weighted by Crippen LogP contribution is -2.46. The second-order valence-corrected chi connectivity index (χ2v) is 5.56. The molecule has 0 saturated carbocycles. The minimum absolute atomic E-state index is 0.000868. The Balaban J connectivity index is 2.47. The SMILES string of the molecule is CC(=O)C(NC(=O)CN(C)Cc1ccccc1)C(C)C. The molecule has 1 N–H and O–H groups in total. The van der Waals surface area contributed by atoms with Gasteiger partial charge in [0.15, 0.2) is 5.78 Å². The Bertz CT molecular complexity index is 443. The molecule has 0 heterocycles. The van der Waals surface area contributed by atoms with Gasteiger partial charge in [-0.3, -0.25) is 14.5 Å². The molecule has 0 aliphatic heterocycles. The maximum absolute atomic E-state index is 12.0. The third-order valence-corrected chi connectivity index (χ3v) is 3.13. The first kappa shape index (κ1) is 16.4. The van der Waals surface area contributed by atoms with E-state index in [2.05, 4.69) is 5.32 Å². The first-order chi connectivity index (χ1) is 9.40. The number of carbonyl (C=O) groups is 2. The maximum atomic E-state index is 12.0. The second-order valence-electron chi connectivity index (χ2n) is 5.56. The minimum Gasteiger partial charge on any atom is -0.345 e. The van der Waals surface area contributed by atoms with Crippen molar-refractivity contribution in [1.29, 1.82) is 0 Å². The predicted molar refractivity (Wildman–Crippen MR) is 80.2 cm³/mol. The molecule has 0 aliphatic carbocycles. The summed E-state index contributed by atoms with van der Waals surface area (Å²) in [5, 5.41) is 2.80. The number of hydrogen-bond acceptors (Lipinski definition) is 3. The number of rotatable bonds is 7. The summed E-state index contributed by atoms with van der Waals surface area (Å²) >= 11 is 0. The van der Waals surface area contributed by atoms with Gasteiger partial charge in [0.05, 0.1) is 12.6 Å². The van der Waals surface area contributed by atoms with Crippen LogP contribution in [0.5, 0.6) is 0 Å². The van der Waals surface area contributed by atoms with Crippen LogP contribution in [0.25, 0.3) is 0 Å². The molecule has 0 radical (unpaired) electrons. The number of hydrogen-bond donors (Lipinski definition) is 1. The van der Waals surface area contributed by atoms with Gasteiger partial charge in [-0.1, -0.05) is 44.2 Å². The number of ketones is 1. The van der Waals surface area contributed by atoms with Crippen LogP contribution >= 0.6 is 0 Å². The summed E-state index contributed by atoms with van der Waals surface area (Å²) in [6.07, 6.45) is 0. The van der Waals surface area contributed by atoms with Crippen molar-refractivity contribution in [1.82, 2.24) is 10.2 Å². The molecule has 0 saturated heterocycles. The monoisotopic (exact) mass is 276 g/mol. The van der Waals surface area contributed by atoms with E-state index in [1.807, 2.05) is 56.1 Å². The normalized spacial score (nSPS) is 12.5. The van der Waals surface area contributed by atoms with E-state index in [4.69, 9.17) is 0 Å². The fraction of sp³-hybridized carbons (Fsp3) is 0.500. The zero-order chi connectivity index (χ0) is 15.1. The van der Waals surface area contributed by atoms with Crippen LogP contribution < -0.4 is 5.32 Å². The fourth-order valence-corrected chi connectivity index (χ4v) is 2.15. The van der Waals surface area contributed by atoms with Gasteiger partial charge < -0.3 is 5.32 Å². The lowest BCUT2D eigenvalue weighted by atomic mass is 10.0. The van der Waals surface area contributed by atoms with E-state index >= 15 is 0 Å². The molecule has 20 heavy (non-hydrogen) atoms. The second kappa shape index (κ2) is 7.80. The number of nitrogens with one attached hydrogen (secondary N) is 1. The Kier molecular flexibility index (Phi) is 6.39. The predicted octanol–water partition coefficient (Wildman–Crippen LogP) is 1.85. The van der Waals surface area contributed by atoms with Gasteiger partial charge in [-0.25, -0.2) is 0 Å². The van der Waals surface area contributed by atoms with Gasteiger partial charge in [-0.05, 0) is 25.5 Å². The topological polar surface area (TPSA) is 49.4 Å². The molecule has 4 heteroatoms. The summed E-state index contributed by atoms with van der Waals surface area (Å²) in [6, 6.07) is 9.59. The quantitative estimate of drug-likeness (QED) is 0.827. The van der Waals surface area contributed by atoms with Crippen molar-refractivity contribution in [2.45, 2.75) is 33.4 Å². The molecule has 0 spiro atoms. The summed E-state index contributed by atoms with van der Waals surface area (Å²) in [5.74, 6) is -0.00715. The summed E-state index contributed by atoms with van der Waals surface area (Å²) in [5.41, 5.74) is 1.16. The lowest BCUT2D eigenvalue weighted by Gasteiger charge is -2.22. The van der Waals surface area contributed by atoms with Gasteiger partial charge in [-0.2, -0.15) is 0 Å². The lowest BCUT2D eigenvalue weighted by molar-refractivity contribution is -0.128. The molecule has 0 bridgehead atoms. The van der Waals surface area contributed by atoms with Crippen molar-refractivity contribution in [3.05, 3.63) is 35.9 Å². The number of likely N-dealkylation sites (N-methyl/N-ethyl adjacent to an activating group) is 1. The smallest absolute Gasteiger partial charge is 0.234 e. The van der Waals surface area contributed by atoms with Crippen molar-refractivity contribution in [2.24, 2.45) is 5.92 Å². The summed E-state index contributed by atoms with van der Waals surface area (Å²) in [4.78, 5) is 25.4. The molecule has 1 aromatic rings. The first-order valence-electron chi connectivity index (χ1n) is 6.92. The maximum Gasteiger partial charge on any atom is 0.234 e. The van der Waals surface area contributed by atoms with Gasteiger partial charge in [0.2, 0.25) is 5.91 Å². The Hall–Kier alpha value is -1.68. The largest absolute Gasteiger partial charge is 0.345 e. The van der Waals surface area contributed by atoms with Crippen LogP contribution in [0.4, 0.5) is 0 Å². The zero-order valence-electron chi connectivity index (χ0n) is 12.7. The molecule has 4 nitrogen and oxygen atoms in total. The van der Waals surface area contributed by atoms with Crippen LogP contribution in [0, 0.1) is 5.92 Å².